The fourth-order valence-corrected chi connectivity index (χ4v) is 1.69. The molecule has 2 aromatic rings. The zero-order valence-corrected chi connectivity index (χ0v) is 9.99. The van der Waals surface area contributed by atoms with Crippen molar-refractivity contribution in [2.45, 2.75) is 11.8 Å². The maximum Gasteiger partial charge on any atom is 0.0766 e. The number of aliphatic imine (C=N–C) groups is 1. The summed E-state index contributed by atoms with van der Waals surface area (Å²) in [6, 6.07) is 18.0. The molecule has 0 saturated heterocycles. The number of para-hydroxylation sites is 1. The van der Waals surface area contributed by atoms with Crippen molar-refractivity contribution in [2.24, 2.45) is 4.99 Å². The van der Waals surface area contributed by atoms with Crippen LogP contribution >= 0.6 is 12.6 Å². The molecule has 0 amide bonds. The first kappa shape index (κ1) is 11.0. The Morgan fingerprint density at radius 2 is 1.56 bits per heavy atom. The van der Waals surface area contributed by atoms with E-state index in [1.165, 1.54) is 0 Å². The fraction of sp³-hybridized carbons (Fsp3) is 0.0714. The summed E-state index contributed by atoms with van der Waals surface area (Å²) in [6.07, 6.45) is 0. The summed E-state index contributed by atoms with van der Waals surface area (Å²) >= 11 is 4.38. The summed E-state index contributed by atoms with van der Waals surface area (Å²) in [6.45, 7) is 2.01. The van der Waals surface area contributed by atoms with Crippen molar-refractivity contribution >= 4 is 24.0 Å². The van der Waals surface area contributed by atoms with Gasteiger partial charge in [-0.25, -0.2) is 0 Å². The molecule has 16 heavy (non-hydrogen) atoms. The van der Waals surface area contributed by atoms with Crippen molar-refractivity contribution < 1.29 is 0 Å². The minimum atomic E-state index is 0.901. The molecule has 0 radical (unpaired) electrons. The smallest absolute Gasteiger partial charge is 0.0766 e. The predicted octanol–water partition coefficient (Wildman–Crippen LogP) is 4.12. The van der Waals surface area contributed by atoms with Gasteiger partial charge in [0, 0.05) is 10.6 Å². The van der Waals surface area contributed by atoms with E-state index in [9.17, 15) is 0 Å². The Balaban J connectivity index is 2.36. The molecular weight excluding hydrogens is 214 g/mol. The molecule has 1 nitrogen and oxygen atoms in total. The highest BCUT2D eigenvalue weighted by Crippen LogP contribution is 2.22. The summed E-state index contributed by atoms with van der Waals surface area (Å²) in [5.74, 6) is 0. The van der Waals surface area contributed by atoms with E-state index >= 15 is 0 Å². The maximum absolute atomic E-state index is 4.57. The van der Waals surface area contributed by atoms with E-state index in [2.05, 4.69) is 29.8 Å². The minimum Gasteiger partial charge on any atom is -0.252 e. The van der Waals surface area contributed by atoms with Gasteiger partial charge in [-0.15, -0.1) is 12.6 Å². The van der Waals surface area contributed by atoms with Crippen LogP contribution < -0.4 is 0 Å². The molecule has 0 aliphatic rings. The summed E-state index contributed by atoms with van der Waals surface area (Å²) in [5, 5.41) is 0. The summed E-state index contributed by atoms with van der Waals surface area (Å²) < 4.78 is 0. The van der Waals surface area contributed by atoms with Gasteiger partial charge in [-0.2, -0.15) is 0 Å². The fourth-order valence-electron chi connectivity index (χ4n) is 1.48. The third kappa shape index (κ3) is 2.52. The van der Waals surface area contributed by atoms with Crippen molar-refractivity contribution in [3.05, 3.63) is 60.2 Å². The van der Waals surface area contributed by atoms with E-state index in [0.717, 1.165) is 21.9 Å². The Bertz CT molecular complexity index is 503. The minimum absolute atomic E-state index is 0.901. The molecule has 0 fully saturated rings. The molecule has 0 N–H and O–H groups in total. The molecule has 0 saturated carbocycles. The maximum atomic E-state index is 4.57. The van der Waals surface area contributed by atoms with Gasteiger partial charge in [0.15, 0.2) is 0 Å². The summed E-state index contributed by atoms with van der Waals surface area (Å²) in [7, 11) is 0. The van der Waals surface area contributed by atoms with Crippen LogP contribution in [0.5, 0.6) is 0 Å². The lowest BCUT2D eigenvalue weighted by Gasteiger charge is -2.02. The van der Waals surface area contributed by atoms with Gasteiger partial charge < -0.3 is 0 Å². The molecule has 0 spiro atoms. The van der Waals surface area contributed by atoms with Gasteiger partial charge in [-0.05, 0) is 24.6 Å². The zero-order valence-electron chi connectivity index (χ0n) is 9.09. The van der Waals surface area contributed by atoms with Gasteiger partial charge in [0.25, 0.3) is 0 Å². The molecule has 2 aromatic carbocycles. The molecule has 0 heterocycles. The standard InChI is InChI=1S/C14H13NS/c1-11(12-7-3-2-4-8-12)15-13-9-5-6-10-14(13)16/h2-10,16H,1H3. The second kappa shape index (κ2) is 4.99. The Morgan fingerprint density at radius 1 is 0.938 bits per heavy atom. The van der Waals surface area contributed by atoms with E-state index in [-0.39, 0.29) is 0 Å². The van der Waals surface area contributed by atoms with Crippen LogP contribution in [0, 0.1) is 0 Å². The third-order valence-electron chi connectivity index (χ3n) is 2.36. The van der Waals surface area contributed by atoms with Crippen molar-refractivity contribution in [2.75, 3.05) is 0 Å². The van der Waals surface area contributed by atoms with Crippen LogP contribution in [-0.4, -0.2) is 5.71 Å². The Hall–Kier alpha value is -1.54. The van der Waals surface area contributed by atoms with E-state index < -0.39 is 0 Å². The van der Waals surface area contributed by atoms with Crippen molar-refractivity contribution in [1.29, 1.82) is 0 Å². The molecule has 2 heteroatoms. The van der Waals surface area contributed by atoms with Gasteiger partial charge >= 0.3 is 0 Å². The zero-order chi connectivity index (χ0) is 11.4. The van der Waals surface area contributed by atoms with Crippen LogP contribution in [0.3, 0.4) is 0 Å². The Labute approximate surface area is 101 Å². The molecule has 0 aromatic heterocycles. The molecule has 80 valence electrons. The van der Waals surface area contributed by atoms with E-state index in [1.807, 2.05) is 49.4 Å². The quantitative estimate of drug-likeness (QED) is 0.585. The normalized spacial score (nSPS) is 11.5. The summed E-state index contributed by atoms with van der Waals surface area (Å²) in [5.41, 5.74) is 3.05. The van der Waals surface area contributed by atoms with Gasteiger partial charge in [0.1, 0.15) is 0 Å². The number of nitrogens with zero attached hydrogens (tertiary/aromatic N) is 1. The molecule has 0 unspecified atom stereocenters. The second-order valence-electron chi connectivity index (χ2n) is 3.55. The van der Waals surface area contributed by atoms with Gasteiger partial charge in [0.05, 0.1) is 5.69 Å². The highest BCUT2D eigenvalue weighted by atomic mass is 32.1. The third-order valence-corrected chi connectivity index (χ3v) is 2.74. The molecule has 0 bridgehead atoms. The lowest BCUT2D eigenvalue weighted by molar-refractivity contribution is 1.37. The Morgan fingerprint density at radius 3 is 2.25 bits per heavy atom. The molecule has 0 aliphatic carbocycles. The molecular formula is C14H13NS. The Kier molecular flexibility index (Phi) is 3.42. The highest BCUT2D eigenvalue weighted by molar-refractivity contribution is 7.80. The largest absolute Gasteiger partial charge is 0.252 e. The first-order valence-corrected chi connectivity index (χ1v) is 5.61. The molecule has 0 atom stereocenters. The number of hydrogen-bond acceptors (Lipinski definition) is 2. The summed E-state index contributed by atoms with van der Waals surface area (Å²) in [4.78, 5) is 5.47. The SMILES string of the molecule is CC(=Nc1ccccc1S)c1ccccc1. The van der Waals surface area contributed by atoms with Gasteiger partial charge in [0.2, 0.25) is 0 Å². The molecule has 0 aliphatic heterocycles. The van der Waals surface area contributed by atoms with E-state index in [1.54, 1.807) is 0 Å². The average molecular weight is 227 g/mol. The first-order valence-electron chi connectivity index (χ1n) is 5.16. The van der Waals surface area contributed by atoms with Crippen LogP contribution in [0.25, 0.3) is 0 Å². The lowest BCUT2D eigenvalue weighted by Crippen LogP contribution is -1.92. The number of hydrogen-bond donors (Lipinski definition) is 1. The highest BCUT2D eigenvalue weighted by Gasteiger charge is 1.98. The van der Waals surface area contributed by atoms with Gasteiger partial charge in [-0.3, -0.25) is 4.99 Å². The first-order chi connectivity index (χ1) is 7.77. The van der Waals surface area contributed by atoms with E-state index in [0.29, 0.717) is 0 Å². The predicted molar refractivity (Wildman–Crippen MR) is 72.0 cm³/mol. The number of benzene rings is 2. The monoisotopic (exact) mass is 227 g/mol. The molecule has 2 rings (SSSR count). The van der Waals surface area contributed by atoms with Crippen molar-refractivity contribution in [1.82, 2.24) is 0 Å². The second-order valence-corrected chi connectivity index (χ2v) is 4.03. The number of rotatable bonds is 2. The number of thiol groups is 1. The van der Waals surface area contributed by atoms with E-state index in [4.69, 9.17) is 0 Å². The van der Waals surface area contributed by atoms with Crippen LogP contribution in [0.1, 0.15) is 12.5 Å². The average Bonchev–Trinajstić information content (AvgIpc) is 2.33. The van der Waals surface area contributed by atoms with Crippen LogP contribution in [-0.2, 0) is 0 Å². The van der Waals surface area contributed by atoms with Crippen molar-refractivity contribution in [3.8, 4) is 0 Å². The van der Waals surface area contributed by atoms with Crippen molar-refractivity contribution in [3.63, 3.8) is 0 Å². The van der Waals surface area contributed by atoms with Gasteiger partial charge in [-0.1, -0.05) is 42.5 Å². The van der Waals surface area contributed by atoms with Crippen LogP contribution in [0.15, 0.2) is 64.5 Å². The topological polar surface area (TPSA) is 12.4 Å². The van der Waals surface area contributed by atoms with Crippen LogP contribution in [0.2, 0.25) is 0 Å². The van der Waals surface area contributed by atoms with Crippen LogP contribution in [0.4, 0.5) is 5.69 Å². The lowest BCUT2D eigenvalue weighted by atomic mass is 10.1.